The molecule has 0 spiro atoms. The molecule has 1 unspecified atom stereocenters. The Morgan fingerprint density at radius 2 is 1.83 bits per heavy atom. The van der Waals surface area contributed by atoms with E-state index in [1.165, 1.54) is 16.9 Å². The zero-order chi connectivity index (χ0) is 25.5. The molecule has 3 aromatic carbocycles. The topological polar surface area (TPSA) is 106 Å². The maximum Gasteiger partial charge on any atom is 0.303 e. The molecule has 0 aliphatic rings. The van der Waals surface area contributed by atoms with E-state index in [0.29, 0.717) is 30.2 Å². The summed E-state index contributed by atoms with van der Waals surface area (Å²) in [6, 6.07) is 21.4. The van der Waals surface area contributed by atoms with E-state index in [0.717, 1.165) is 22.2 Å². The number of nitrogens with one attached hydrogen (secondary N) is 1. The summed E-state index contributed by atoms with van der Waals surface area (Å²) in [6.45, 7) is 2.39. The van der Waals surface area contributed by atoms with E-state index in [4.69, 9.17) is 14.8 Å². The van der Waals surface area contributed by atoms with E-state index in [1.807, 2.05) is 24.3 Å². The third-order valence-corrected chi connectivity index (χ3v) is 8.29. The first-order valence-corrected chi connectivity index (χ1v) is 14.0. The van der Waals surface area contributed by atoms with Gasteiger partial charge in [0, 0.05) is 6.42 Å². The molecular formula is C27H28N2O5S2. The number of hydrogen-bond donors (Lipinski definition) is 2. The van der Waals surface area contributed by atoms with Gasteiger partial charge in [-0.1, -0.05) is 49.4 Å². The molecule has 0 bridgehead atoms. The summed E-state index contributed by atoms with van der Waals surface area (Å²) in [5.41, 5.74) is 2.96. The van der Waals surface area contributed by atoms with Gasteiger partial charge >= 0.3 is 5.97 Å². The molecule has 4 aromatic rings. The number of thiazole rings is 1. The van der Waals surface area contributed by atoms with Crippen LogP contribution in [-0.4, -0.2) is 31.1 Å². The first kappa shape index (κ1) is 25.8. The van der Waals surface area contributed by atoms with E-state index in [9.17, 15) is 13.2 Å². The van der Waals surface area contributed by atoms with Crippen molar-refractivity contribution in [2.24, 2.45) is 0 Å². The number of carbonyl (C=O) groups is 1. The smallest absolute Gasteiger partial charge is 0.303 e. The monoisotopic (exact) mass is 524 g/mol. The third kappa shape index (κ3) is 6.69. The number of aryl methyl sites for hydroxylation is 1. The Hall–Kier alpha value is -3.27. The van der Waals surface area contributed by atoms with Gasteiger partial charge in [-0.3, -0.25) is 4.79 Å². The van der Waals surface area contributed by atoms with Gasteiger partial charge in [0.05, 0.1) is 27.8 Å². The van der Waals surface area contributed by atoms with Crippen LogP contribution in [-0.2, 0) is 27.7 Å². The van der Waals surface area contributed by atoms with Gasteiger partial charge in [-0.05, 0) is 60.7 Å². The number of hydrogen-bond acceptors (Lipinski definition) is 6. The van der Waals surface area contributed by atoms with Crippen molar-refractivity contribution < 1.29 is 23.1 Å². The number of benzene rings is 3. The molecule has 4 rings (SSSR count). The summed E-state index contributed by atoms with van der Waals surface area (Å²) in [7, 11) is -3.77. The Balaban J connectivity index is 1.62. The average molecular weight is 525 g/mol. The van der Waals surface area contributed by atoms with Gasteiger partial charge in [0.2, 0.25) is 10.0 Å². The molecule has 0 fully saturated rings. The van der Waals surface area contributed by atoms with E-state index >= 15 is 0 Å². The average Bonchev–Trinajstić information content (AvgIpc) is 3.30. The highest BCUT2D eigenvalue weighted by Crippen LogP contribution is 2.32. The highest BCUT2D eigenvalue weighted by atomic mass is 32.2. The van der Waals surface area contributed by atoms with Crippen molar-refractivity contribution in [1.82, 2.24) is 9.71 Å². The quantitative estimate of drug-likeness (QED) is 0.242. The lowest BCUT2D eigenvalue weighted by Gasteiger charge is -2.17. The van der Waals surface area contributed by atoms with E-state index in [-0.39, 0.29) is 11.3 Å². The molecule has 2 N–H and O–H groups in total. The number of carboxylic acid groups (broad SMARTS) is 1. The van der Waals surface area contributed by atoms with E-state index in [1.54, 1.807) is 36.4 Å². The molecule has 36 heavy (non-hydrogen) atoms. The maximum atomic E-state index is 13.2. The normalized spacial score (nSPS) is 12.5. The number of aromatic nitrogens is 1. The van der Waals surface area contributed by atoms with Crippen LogP contribution in [0.25, 0.3) is 10.2 Å². The Labute approximate surface area is 214 Å². The van der Waals surface area contributed by atoms with Crippen LogP contribution in [0.3, 0.4) is 0 Å². The van der Waals surface area contributed by atoms with E-state index in [2.05, 4.69) is 23.8 Å². The van der Waals surface area contributed by atoms with Gasteiger partial charge in [0.1, 0.15) is 10.8 Å². The summed E-state index contributed by atoms with van der Waals surface area (Å²) < 4.78 is 35.8. The number of rotatable bonds is 12. The van der Waals surface area contributed by atoms with Crippen LogP contribution in [0.4, 0.5) is 0 Å². The number of carboxylic acids is 1. The molecule has 9 heteroatoms. The minimum atomic E-state index is -3.77. The zero-order valence-corrected chi connectivity index (χ0v) is 21.5. The minimum absolute atomic E-state index is 0.0510. The summed E-state index contributed by atoms with van der Waals surface area (Å²) in [5, 5.41) is 9.45. The summed E-state index contributed by atoms with van der Waals surface area (Å²) in [5.74, 6) is -0.227. The predicted molar refractivity (Wildman–Crippen MR) is 141 cm³/mol. The van der Waals surface area contributed by atoms with Crippen LogP contribution < -0.4 is 9.46 Å². The summed E-state index contributed by atoms with van der Waals surface area (Å²) in [4.78, 5) is 15.7. The van der Waals surface area contributed by atoms with Crippen LogP contribution in [0.2, 0.25) is 0 Å². The number of aliphatic carboxylic acids is 1. The molecule has 0 saturated heterocycles. The Morgan fingerprint density at radius 3 is 2.58 bits per heavy atom. The highest BCUT2D eigenvalue weighted by Gasteiger charge is 2.25. The first-order valence-electron chi connectivity index (χ1n) is 11.7. The second-order valence-electron chi connectivity index (χ2n) is 8.39. The molecule has 1 heterocycles. The molecule has 7 nitrogen and oxygen atoms in total. The Bertz CT molecular complexity index is 1440. The molecule has 0 aliphatic carbocycles. The third-order valence-electron chi connectivity index (χ3n) is 5.67. The lowest BCUT2D eigenvalue weighted by molar-refractivity contribution is -0.137. The number of fused-ring (bicyclic) bond motifs is 1. The van der Waals surface area contributed by atoms with Crippen LogP contribution in [0, 0.1) is 0 Å². The standard InChI is InChI=1S/C27H28N2O5S2/c1-2-19-8-6-9-20(16-19)17-24(29-36(32,33)22-10-4-3-5-11-22)27-28-23-14-13-21(18-25(23)35-27)34-15-7-12-26(30)31/h3-6,8-11,13-14,16,18,24,29H,2,7,12,15,17H2,1H3,(H,30,31). The van der Waals surface area contributed by atoms with Gasteiger partial charge in [-0.2, -0.15) is 0 Å². The van der Waals surface area contributed by atoms with Crippen molar-refractivity contribution in [2.45, 2.75) is 43.5 Å². The van der Waals surface area contributed by atoms with Crippen molar-refractivity contribution >= 4 is 37.5 Å². The number of nitrogens with zero attached hydrogens (tertiary/aromatic N) is 1. The van der Waals surface area contributed by atoms with Gasteiger partial charge in [-0.25, -0.2) is 18.1 Å². The predicted octanol–water partition coefficient (Wildman–Crippen LogP) is 5.36. The second-order valence-corrected chi connectivity index (χ2v) is 11.2. The lowest BCUT2D eigenvalue weighted by Crippen LogP contribution is -2.30. The molecule has 0 saturated carbocycles. The molecule has 1 atom stereocenters. The fourth-order valence-electron chi connectivity index (χ4n) is 3.82. The Morgan fingerprint density at radius 1 is 1.06 bits per heavy atom. The number of ether oxygens (including phenoxy) is 1. The molecule has 0 radical (unpaired) electrons. The molecule has 188 valence electrons. The molecule has 0 aliphatic heterocycles. The van der Waals surface area contributed by atoms with Gasteiger partial charge in [0.15, 0.2) is 0 Å². The van der Waals surface area contributed by atoms with Crippen LogP contribution >= 0.6 is 11.3 Å². The number of sulfonamides is 1. The minimum Gasteiger partial charge on any atom is -0.494 e. The molecule has 0 amide bonds. The van der Waals surface area contributed by atoms with Gasteiger partial charge in [-0.15, -0.1) is 11.3 Å². The fourth-order valence-corrected chi connectivity index (χ4v) is 6.16. The van der Waals surface area contributed by atoms with Crippen molar-refractivity contribution in [3.63, 3.8) is 0 Å². The highest BCUT2D eigenvalue weighted by molar-refractivity contribution is 7.89. The van der Waals surface area contributed by atoms with Crippen molar-refractivity contribution in [3.05, 3.63) is 88.9 Å². The van der Waals surface area contributed by atoms with Crippen molar-refractivity contribution in [2.75, 3.05) is 6.61 Å². The van der Waals surface area contributed by atoms with Crippen LogP contribution in [0.5, 0.6) is 5.75 Å². The Kier molecular flexibility index (Phi) is 8.35. The first-order chi connectivity index (χ1) is 17.3. The van der Waals surface area contributed by atoms with Gasteiger partial charge in [0.25, 0.3) is 0 Å². The lowest BCUT2D eigenvalue weighted by atomic mass is 10.0. The fraction of sp³-hybridized carbons (Fsp3) is 0.259. The summed E-state index contributed by atoms with van der Waals surface area (Å²) >= 11 is 1.42. The maximum absolute atomic E-state index is 13.2. The van der Waals surface area contributed by atoms with Crippen molar-refractivity contribution in [3.8, 4) is 5.75 Å². The molecule has 1 aromatic heterocycles. The van der Waals surface area contributed by atoms with Crippen LogP contribution in [0.1, 0.15) is 41.9 Å². The summed E-state index contributed by atoms with van der Waals surface area (Å²) in [6.07, 6.45) is 1.82. The second kappa shape index (κ2) is 11.6. The van der Waals surface area contributed by atoms with Crippen LogP contribution in [0.15, 0.2) is 77.7 Å². The van der Waals surface area contributed by atoms with Gasteiger partial charge < -0.3 is 9.84 Å². The molecular weight excluding hydrogens is 496 g/mol. The zero-order valence-electron chi connectivity index (χ0n) is 19.9. The largest absolute Gasteiger partial charge is 0.494 e. The van der Waals surface area contributed by atoms with E-state index < -0.39 is 22.0 Å². The SMILES string of the molecule is CCc1cccc(CC(NS(=O)(=O)c2ccccc2)c2nc3ccc(OCCCC(=O)O)cc3s2)c1. The van der Waals surface area contributed by atoms with Crippen molar-refractivity contribution in [1.29, 1.82) is 0 Å².